The van der Waals surface area contributed by atoms with Crippen molar-refractivity contribution in [2.45, 2.75) is 39.8 Å². The number of hydrogen-bond acceptors (Lipinski definition) is 4. The minimum absolute atomic E-state index is 0.267. The van der Waals surface area contributed by atoms with Gasteiger partial charge in [0.15, 0.2) is 4.88 Å². The first-order chi connectivity index (χ1) is 9.65. The normalized spacial score (nSPS) is 10.7. The molecule has 2 heterocycles. The van der Waals surface area contributed by atoms with Crippen LogP contribution in [0.25, 0.3) is 0 Å². The molecule has 0 saturated carbocycles. The molecule has 2 aromatic heterocycles. The van der Waals surface area contributed by atoms with Crippen LogP contribution < -0.4 is 4.74 Å². The van der Waals surface area contributed by atoms with Crippen molar-refractivity contribution in [3.05, 3.63) is 34.0 Å². The molecule has 0 spiro atoms. The SMILES string of the molecule is CCCn1cncc1COc1cc(CC)sc1C(=O)O. The summed E-state index contributed by atoms with van der Waals surface area (Å²) in [5.74, 6) is -0.490. The van der Waals surface area contributed by atoms with Crippen LogP contribution in [-0.4, -0.2) is 20.6 Å². The van der Waals surface area contributed by atoms with Crippen molar-refractivity contribution in [3.63, 3.8) is 0 Å². The molecule has 0 fully saturated rings. The Morgan fingerprint density at radius 1 is 1.50 bits per heavy atom. The molecule has 0 aliphatic carbocycles. The van der Waals surface area contributed by atoms with E-state index < -0.39 is 5.97 Å². The van der Waals surface area contributed by atoms with Gasteiger partial charge in [-0.05, 0) is 18.9 Å². The lowest BCUT2D eigenvalue weighted by Gasteiger charge is -2.08. The van der Waals surface area contributed by atoms with E-state index in [1.807, 2.05) is 17.6 Å². The Morgan fingerprint density at radius 3 is 2.95 bits per heavy atom. The number of aryl methyl sites for hydroxylation is 2. The van der Waals surface area contributed by atoms with Crippen molar-refractivity contribution in [3.8, 4) is 5.75 Å². The fourth-order valence-electron chi connectivity index (χ4n) is 1.92. The summed E-state index contributed by atoms with van der Waals surface area (Å²) in [4.78, 5) is 16.6. The summed E-state index contributed by atoms with van der Waals surface area (Å²) in [6.45, 7) is 5.31. The Bertz CT molecular complexity index is 589. The van der Waals surface area contributed by atoms with Crippen molar-refractivity contribution in [2.75, 3.05) is 0 Å². The minimum atomic E-state index is -0.938. The van der Waals surface area contributed by atoms with Crippen LogP contribution in [0.2, 0.25) is 0 Å². The van der Waals surface area contributed by atoms with Gasteiger partial charge in [-0.2, -0.15) is 0 Å². The molecular formula is C14H18N2O3S. The number of aromatic carboxylic acids is 1. The highest BCUT2D eigenvalue weighted by molar-refractivity contribution is 7.14. The highest BCUT2D eigenvalue weighted by atomic mass is 32.1. The number of rotatable bonds is 7. The Balaban J connectivity index is 2.12. The molecule has 0 aromatic carbocycles. The molecule has 0 unspecified atom stereocenters. The molecule has 5 nitrogen and oxygen atoms in total. The molecule has 0 saturated heterocycles. The van der Waals surface area contributed by atoms with Gasteiger partial charge < -0.3 is 14.4 Å². The van der Waals surface area contributed by atoms with Gasteiger partial charge in [-0.25, -0.2) is 9.78 Å². The molecule has 0 amide bonds. The quantitative estimate of drug-likeness (QED) is 0.851. The Morgan fingerprint density at radius 2 is 2.30 bits per heavy atom. The number of aromatic nitrogens is 2. The number of imidazole rings is 1. The van der Waals surface area contributed by atoms with E-state index in [0.29, 0.717) is 12.4 Å². The third-order valence-corrected chi connectivity index (χ3v) is 4.18. The molecule has 0 aliphatic rings. The van der Waals surface area contributed by atoms with Crippen LogP contribution in [0.15, 0.2) is 18.6 Å². The lowest BCUT2D eigenvalue weighted by atomic mass is 10.3. The van der Waals surface area contributed by atoms with Crippen LogP contribution in [0, 0.1) is 0 Å². The van der Waals surface area contributed by atoms with Crippen LogP contribution in [-0.2, 0) is 19.6 Å². The predicted molar refractivity (Wildman–Crippen MR) is 77.5 cm³/mol. The smallest absolute Gasteiger partial charge is 0.349 e. The summed E-state index contributed by atoms with van der Waals surface area (Å²) >= 11 is 1.27. The lowest BCUT2D eigenvalue weighted by Crippen LogP contribution is -2.06. The molecule has 2 aromatic rings. The van der Waals surface area contributed by atoms with Crippen LogP contribution in [0.5, 0.6) is 5.75 Å². The molecule has 2 rings (SSSR count). The standard InChI is InChI=1S/C14H18N2O3S/c1-3-5-16-9-15-7-10(16)8-19-12-6-11(4-2)20-13(12)14(17)18/h6-7,9H,3-5,8H2,1-2H3,(H,17,18). The predicted octanol–water partition coefficient (Wildman–Crippen LogP) is 3.19. The maximum absolute atomic E-state index is 11.2. The summed E-state index contributed by atoms with van der Waals surface area (Å²) in [6.07, 6.45) is 5.35. The van der Waals surface area contributed by atoms with Gasteiger partial charge in [0.1, 0.15) is 12.4 Å². The van der Waals surface area contributed by atoms with Crippen molar-refractivity contribution >= 4 is 17.3 Å². The number of hydrogen-bond donors (Lipinski definition) is 1. The summed E-state index contributed by atoms with van der Waals surface area (Å²) in [7, 11) is 0. The summed E-state index contributed by atoms with van der Waals surface area (Å²) < 4.78 is 7.70. The topological polar surface area (TPSA) is 64.4 Å². The van der Waals surface area contributed by atoms with Gasteiger partial charge >= 0.3 is 5.97 Å². The summed E-state index contributed by atoms with van der Waals surface area (Å²) in [6, 6.07) is 1.81. The van der Waals surface area contributed by atoms with E-state index in [9.17, 15) is 9.90 Å². The van der Waals surface area contributed by atoms with E-state index >= 15 is 0 Å². The fourth-order valence-corrected chi connectivity index (χ4v) is 2.79. The van der Waals surface area contributed by atoms with Gasteiger partial charge in [0.25, 0.3) is 0 Å². The van der Waals surface area contributed by atoms with Crippen LogP contribution >= 0.6 is 11.3 Å². The zero-order valence-electron chi connectivity index (χ0n) is 11.6. The van der Waals surface area contributed by atoms with Crippen molar-refractivity contribution < 1.29 is 14.6 Å². The first kappa shape index (κ1) is 14.6. The van der Waals surface area contributed by atoms with E-state index in [1.165, 1.54) is 11.3 Å². The van der Waals surface area contributed by atoms with Gasteiger partial charge in [-0.15, -0.1) is 11.3 Å². The third kappa shape index (κ3) is 3.19. The number of thiophene rings is 1. The molecule has 108 valence electrons. The average molecular weight is 294 g/mol. The molecular weight excluding hydrogens is 276 g/mol. The third-order valence-electron chi connectivity index (χ3n) is 2.93. The van der Waals surface area contributed by atoms with Crippen molar-refractivity contribution in [2.24, 2.45) is 0 Å². The molecule has 6 heteroatoms. The fraction of sp³-hybridized carbons (Fsp3) is 0.429. The van der Waals surface area contributed by atoms with E-state index in [4.69, 9.17) is 4.74 Å². The van der Waals surface area contributed by atoms with Crippen molar-refractivity contribution in [1.29, 1.82) is 0 Å². The van der Waals surface area contributed by atoms with E-state index in [2.05, 4.69) is 11.9 Å². The minimum Gasteiger partial charge on any atom is -0.486 e. The van der Waals surface area contributed by atoms with Gasteiger partial charge in [0.05, 0.1) is 18.2 Å². The highest BCUT2D eigenvalue weighted by Gasteiger charge is 2.16. The number of nitrogens with zero attached hydrogens (tertiary/aromatic N) is 2. The lowest BCUT2D eigenvalue weighted by molar-refractivity contribution is 0.0697. The van der Waals surface area contributed by atoms with Crippen LogP contribution in [0.3, 0.4) is 0 Å². The first-order valence-electron chi connectivity index (χ1n) is 6.63. The Hall–Kier alpha value is -1.82. The maximum atomic E-state index is 11.2. The highest BCUT2D eigenvalue weighted by Crippen LogP contribution is 2.30. The first-order valence-corrected chi connectivity index (χ1v) is 7.45. The van der Waals surface area contributed by atoms with E-state index in [0.717, 1.165) is 30.0 Å². The van der Waals surface area contributed by atoms with Gasteiger partial charge in [0, 0.05) is 11.4 Å². The molecule has 1 N–H and O–H groups in total. The zero-order chi connectivity index (χ0) is 14.5. The number of carboxylic acids is 1. The second kappa shape index (κ2) is 6.56. The van der Waals surface area contributed by atoms with Gasteiger partial charge in [-0.3, -0.25) is 0 Å². The molecule has 0 aliphatic heterocycles. The number of carboxylic acid groups (broad SMARTS) is 1. The second-order valence-electron chi connectivity index (χ2n) is 4.43. The summed E-state index contributed by atoms with van der Waals surface area (Å²) in [5.41, 5.74) is 0.951. The number of ether oxygens (including phenoxy) is 1. The Kier molecular flexibility index (Phi) is 4.79. The molecule has 0 bridgehead atoms. The van der Waals surface area contributed by atoms with Crippen LogP contribution in [0.1, 0.15) is 40.5 Å². The number of carbonyl (C=O) groups is 1. The summed E-state index contributed by atoms with van der Waals surface area (Å²) in [5, 5.41) is 9.18. The van der Waals surface area contributed by atoms with E-state index in [1.54, 1.807) is 12.5 Å². The second-order valence-corrected chi connectivity index (χ2v) is 5.57. The average Bonchev–Trinajstić information content (AvgIpc) is 3.03. The van der Waals surface area contributed by atoms with Gasteiger partial charge in [0.2, 0.25) is 0 Å². The monoisotopic (exact) mass is 294 g/mol. The maximum Gasteiger partial charge on any atom is 0.349 e. The Labute approximate surface area is 121 Å². The van der Waals surface area contributed by atoms with Gasteiger partial charge in [-0.1, -0.05) is 13.8 Å². The largest absolute Gasteiger partial charge is 0.486 e. The van der Waals surface area contributed by atoms with Crippen molar-refractivity contribution in [1.82, 2.24) is 9.55 Å². The molecule has 0 radical (unpaired) electrons. The van der Waals surface area contributed by atoms with E-state index in [-0.39, 0.29) is 4.88 Å². The molecule has 0 atom stereocenters. The zero-order valence-corrected chi connectivity index (χ0v) is 12.4. The van der Waals surface area contributed by atoms with Crippen LogP contribution in [0.4, 0.5) is 0 Å². The molecule has 20 heavy (non-hydrogen) atoms.